The van der Waals surface area contributed by atoms with Crippen molar-refractivity contribution in [2.75, 3.05) is 20.3 Å². The molecule has 1 aliphatic rings. The van der Waals surface area contributed by atoms with Gasteiger partial charge in [-0.1, -0.05) is 29.8 Å². The topological polar surface area (TPSA) is 18.5 Å². The van der Waals surface area contributed by atoms with Gasteiger partial charge in [0.2, 0.25) is 0 Å². The standard InChI is InChI=1S/C13H18O2/c1-11-3-5-12(6-4-11)13(14-2)7-9-15-10-8-13/h3-6H,7-10H2,1-2H3. The number of hydrogen-bond acceptors (Lipinski definition) is 2. The maximum Gasteiger partial charge on any atom is 0.0971 e. The van der Waals surface area contributed by atoms with Gasteiger partial charge < -0.3 is 9.47 Å². The van der Waals surface area contributed by atoms with E-state index in [1.165, 1.54) is 11.1 Å². The minimum absolute atomic E-state index is 0.119. The number of ether oxygens (including phenoxy) is 2. The zero-order valence-electron chi connectivity index (χ0n) is 9.45. The fourth-order valence-electron chi connectivity index (χ4n) is 2.17. The number of aryl methyl sites for hydroxylation is 1. The fourth-order valence-corrected chi connectivity index (χ4v) is 2.17. The van der Waals surface area contributed by atoms with Crippen molar-refractivity contribution in [1.82, 2.24) is 0 Å². The molecule has 1 aliphatic heterocycles. The second-order valence-corrected chi connectivity index (χ2v) is 4.18. The van der Waals surface area contributed by atoms with Crippen LogP contribution in [0.25, 0.3) is 0 Å². The average molecular weight is 206 g/mol. The van der Waals surface area contributed by atoms with Gasteiger partial charge in [-0.3, -0.25) is 0 Å². The summed E-state index contributed by atoms with van der Waals surface area (Å²) >= 11 is 0. The molecule has 1 saturated heterocycles. The highest BCUT2D eigenvalue weighted by atomic mass is 16.5. The molecule has 0 spiro atoms. The molecule has 2 nitrogen and oxygen atoms in total. The van der Waals surface area contributed by atoms with Gasteiger partial charge in [-0.25, -0.2) is 0 Å². The van der Waals surface area contributed by atoms with Crippen LogP contribution in [0.2, 0.25) is 0 Å². The molecule has 0 atom stereocenters. The number of hydrogen-bond donors (Lipinski definition) is 0. The molecule has 0 amide bonds. The third-order valence-electron chi connectivity index (χ3n) is 3.27. The largest absolute Gasteiger partial charge is 0.381 e. The summed E-state index contributed by atoms with van der Waals surface area (Å²) in [7, 11) is 1.80. The maximum absolute atomic E-state index is 5.72. The zero-order valence-corrected chi connectivity index (χ0v) is 9.45. The molecule has 1 heterocycles. The van der Waals surface area contributed by atoms with Crippen LogP contribution in [0.15, 0.2) is 24.3 Å². The Morgan fingerprint density at radius 3 is 2.27 bits per heavy atom. The lowest BCUT2D eigenvalue weighted by Crippen LogP contribution is -2.35. The van der Waals surface area contributed by atoms with Crippen molar-refractivity contribution in [2.45, 2.75) is 25.4 Å². The summed E-state index contributed by atoms with van der Waals surface area (Å²) in [6.07, 6.45) is 1.90. The van der Waals surface area contributed by atoms with Gasteiger partial charge in [0.1, 0.15) is 0 Å². The molecule has 15 heavy (non-hydrogen) atoms. The first-order chi connectivity index (χ1) is 7.27. The van der Waals surface area contributed by atoms with E-state index in [1.807, 2.05) is 0 Å². The summed E-state index contributed by atoms with van der Waals surface area (Å²) in [6, 6.07) is 8.63. The molecule has 1 fully saturated rings. The van der Waals surface area contributed by atoms with E-state index in [9.17, 15) is 0 Å². The third kappa shape index (κ3) is 2.06. The van der Waals surface area contributed by atoms with Gasteiger partial charge in [-0.05, 0) is 12.5 Å². The molecule has 2 rings (SSSR count). The van der Waals surface area contributed by atoms with Gasteiger partial charge in [0.05, 0.1) is 5.60 Å². The number of rotatable bonds is 2. The minimum atomic E-state index is -0.119. The van der Waals surface area contributed by atoms with Crippen LogP contribution >= 0.6 is 0 Å². The predicted molar refractivity (Wildman–Crippen MR) is 59.9 cm³/mol. The van der Waals surface area contributed by atoms with E-state index >= 15 is 0 Å². The maximum atomic E-state index is 5.72. The van der Waals surface area contributed by atoms with Crippen LogP contribution in [0, 0.1) is 6.92 Å². The zero-order chi connectivity index (χ0) is 10.7. The summed E-state index contributed by atoms with van der Waals surface area (Å²) in [5, 5.41) is 0. The van der Waals surface area contributed by atoms with Gasteiger partial charge in [0.25, 0.3) is 0 Å². The van der Waals surface area contributed by atoms with Crippen LogP contribution in [0.3, 0.4) is 0 Å². The monoisotopic (exact) mass is 206 g/mol. The van der Waals surface area contributed by atoms with Crippen LogP contribution in [0.4, 0.5) is 0 Å². The lowest BCUT2D eigenvalue weighted by molar-refractivity contribution is -0.0947. The van der Waals surface area contributed by atoms with Crippen LogP contribution in [-0.4, -0.2) is 20.3 Å². The fraction of sp³-hybridized carbons (Fsp3) is 0.538. The van der Waals surface area contributed by atoms with Crippen molar-refractivity contribution in [3.05, 3.63) is 35.4 Å². The second kappa shape index (κ2) is 4.33. The Bertz CT molecular complexity index is 310. The molecular formula is C13H18O2. The van der Waals surface area contributed by atoms with Gasteiger partial charge in [0, 0.05) is 33.2 Å². The Morgan fingerprint density at radius 1 is 1.13 bits per heavy atom. The molecular weight excluding hydrogens is 188 g/mol. The molecule has 0 N–H and O–H groups in total. The van der Waals surface area contributed by atoms with E-state index in [4.69, 9.17) is 9.47 Å². The molecule has 82 valence electrons. The number of methoxy groups -OCH3 is 1. The summed E-state index contributed by atoms with van der Waals surface area (Å²) in [5.74, 6) is 0. The summed E-state index contributed by atoms with van der Waals surface area (Å²) in [5.41, 5.74) is 2.45. The van der Waals surface area contributed by atoms with Gasteiger partial charge in [-0.2, -0.15) is 0 Å². The smallest absolute Gasteiger partial charge is 0.0971 e. The predicted octanol–water partition coefficient (Wildman–Crippen LogP) is 2.65. The lowest BCUT2D eigenvalue weighted by Gasteiger charge is -2.36. The van der Waals surface area contributed by atoms with Crippen molar-refractivity contribution in [2.24, 2.45) is 0 Å². The Balaban J connectivity index is 2.28. The Hall–Kier alpha value is -0.860. The highest BCUT2D eigenvalue weighted by Gasteiger charge is 2.34. The Morgan fingerprint density at radius 2 is 1.73 bits per heavy atom. The van der Waals surface area contributed by atoms with E-state index < -0.39 is 0 Å². The Labute approximate surface area is 91.2 Å². The highest BCUT2D eigenvalue weighted by molar-refractivity contribution is 5.27. The van der Waals surface area contributed by atoms with E-state index in [1.54, 1.807) is 7.11 Å². The van der Waals surface area contributed by atoms with Crippen LogP contribution in [-0.2, 0) is 15.1 Å². The van der Waals surface area contributed by atoms with Crippen molar-refractivity contribution >= 4 is 0 Å². The van der Waals surface area contributed by atoms with Crippen molar-refractivity contribution in [1.29, 1.82) is 0 Å². The summed E-state index contributed by atoms with van der Waals surface area (Å²) in [4.78, 5) is 0. The minimum Gasteiger partial charge on any atom is -0.381 e. The van der Waals surface area contributed by atoms with Crippen molar-refractivity contribution in [3.8, 4) is 0 Å². The molecule has 0 bridgehead atoms. The molecule has 0 aliphatic carbocycles. The lowest BCUT2D eigenvalue weighted by atomic mass is 9.86. The highest BCUT2D eigenvalue weighted by Crippen LogP contribution is 2.35. The van der Waals surface area contributed by atoms with Gasteiger partial charge in [-0.15, -0.1) is 0 Å². The normalized spacial score (nSPS) is 20.1. The first-order valence-corrected chi connectivity index (χ1v) is 5.47. The molecule has 1 aromatic rings. The second-order valence-electron chi connectivity index (χ2n) is 4.18. The van der Waals surface area contributed by atoms with Gasteiger partial charge >= 0.3 is 0 Å². The third-order valence-corrected chi connectivity index (χ3v) is 3.27. The van der Waals surface area contributed by atoms with E-state index in [0.717, 1.165) is 26.1 Å². The van der Waals surface area contributed by atoms with Crippen LogP contribution in [0.5, 0.6) is 0 Å². The molecule has 2 heteroatoms. The first kappa shape index (κ1) is 10.7. The van der Waals surface area contributed by atoms with Crippen molar-refractivity contribution < 1.29 is 9.47 Å². The number of benzene rings is 1. The van der Waals surface area contributed by atoms with E-state index in [0.29, 0.717) is 0 Å². The average Bonchev–Trinajstić information content (AvgIpc) is 2.31. The van der Waals surface area contributed by atoms with E-state index in [-0.39, 0.29) is 5.60 Å². The molecule has 0 radical (unpaired) electrons. The SMILES string of the molecule is COC1(c2ccc(C)cc2)CCOCC1. The molecule has 0 saturated carbocycles. The molecule has 0 aromatic heterocycles. The summed E-state index contributed by atoms with van der Waals surface area (Å²) in [6.45, 7) is 3.69. The molecule has 0 unspecified atom stereocenters. The molecule has 1 aromatic carbocycles. The summed E-state index contributed by atoms with van der Waals surface area (Å²) < 4.78 is 11.1. The quantitative estimate of drug-likeness (QED) is 0.740. The van der Waals surface area contributed by atoms with E-state index in [2.05, 4.69) is 31.2 Å². The van der Waals surface area contributed by atoms with Crippen LogP contribution in [0.1, 0.15) is 24.0 Å². The van der Waals surface area contributed by atoms with Crippen LogP contribution < -0.4 is 0 Å². The first-order valence-electron chi connectivity index (χ1n) is 5.47. The van der Waals surface area contributed by atoms with Crippen molar-refractivity contribution in [3.63, 3.8) is 0 Å². The Kier molecular flexibility index (Phi) is 3.08. The van der Waals surface area contributed by atoms with Gasteiger partial charge in [0.15, 0.2) is 0 Å².